The fourth-order valence-electron chi connectivity index (χ4n) is 2.95. The summed E-state index contributed by atoms with van der Waals surface area (Å²) in [6.07, 6.45) is -5.52. The van der Waals surface area contributed by atoms with Crippen LogP contribution in [0.2, 0.25) is 0 Å². The molecule has 26 heteroatoms. The molecule has 22 nitrogen and oxygen atoms in total. The van der Waals surface area contributed by atoms with Gasteiger partial charge in [0.25, 0.3) is 0 Å². The second-order valence-corrected chi connectivity index (χ2v) is 12.8. The third-order valence-corrected chi connectivity index (χ3v) is 9.59. The van der Waals surface area contributed by atoms with E-state index < -0.39 is 68.6 Å². The summed E-state index contributed by atoms with van der Waals surface area (Å²) in [4.78, 5) is 52.3. The van der Waals surface area contributed by atoms with Gasteiger partial charge in [-0.3, -0.25) is 4.57 Å². The van der Waals surface area contributed by atoms with Crippen molar-refractivity contribution in [3.8, 4) is 0 Å². The van der Waals surface area contributed by atoms with Crippen molar-refractivity contribution >= 4 is 43.4 Å². The number of imidazole rings is 1. The van der Waals surface area contributed by atoms with Crippen molar-refractivity contribution in [3.05, 3.63) is 12.0 Å². The molecule has 0 saturated carbocycles. The Kier molecular flexibility index (Phi) is 8.47. The van der Waals surface area contributed by atoms with E-state index in [0.717, 1.165) is 10.9 Å². The molecule has 1 fully saturated rings. The second-order valence-electron chi connectivity index (χ2n) is 6.86. The summed E-state index contributed by atoms with van der Waals surface area (Å²) in [6.45, 7) is -0.634. The van der Waals surface area contributed by atoms with Gasteiger partial charge in [-0.1, -0.05) is 0 Å². The fraction of sp³-hybridized carbons (Fsp3) is 0.600. The van der Waals surface area contributed by atoms with Gasteiger partial charge in [-0.2, -0.15) is 17.6 Å². The van der Waals surface area contributed by atoms with Crippen molar-refractivity contribution in [2.75, 3.05) is 6.61 Å². The molecule has 1 aromatic rings. The van der Waals surface area contributed by atoms with Crippen LogP contribution in [0.3, 0.4) is 0 Å². The molecule has 0 bridgehead atoms. The first-order chi connectivity index (χ1) is 16.3. The number of hydrogen-bond donors (Lipinski definition) is 9. The monoisotopic (exact) mass is 605 g/mol. The lowest BCUT2D eigenvalue weighted by molar-refractivity contribution is -0.0535. The van der Waals surface area contributed by atoms with Gasteiger partial charge in [0.05, 0.1) is 12.9 Å². The van der Waals surface area contributed by atoms with Crippen LogP contribution in [0, 0.1) is 0 Å². The van der Waals surface area contributed by atoms with Crippen LogP contribution in [0.1, 0.15) is 18.1 Å². The average Bonchev–Trinajstić information content (AvgIpc) is 3.21. The molecule has 0 radical (unpaired) electrons. The van der Waals surface area contributed by atoms with E-state index in [-0.39, 0.29) is 16.6 Å². The molecule has 0 aromatic carbocycles. The molecular formula is C10H19N5O17P4. The predicted octanol–water partition coefficient (Wildman–Crippen LogP) is -2.20. The number of aliphatic hydroxyl groups excluding tert-OH is 3. The zero-order valence-electron chi connectivity index (χ0n) is 17.2. The number of aliphatic imine (C=N–C) groups is 1. The van der Waals surface area contributed by atoms with Crippen LogP contribution in [0.25, 0.3) is 0 Å². The Morgan fingerprint density at radius 2 is 1.61 bits per heavy atom. The number of aromatic nitrogens is 2. The first-order valence-corrected chi connectivity index (χ1v) is 15.0. The van der Waals surface area contributed by atoms with E-state index in [2.05, 4.69) is 27.5 Å². The highest BCUT2D eigenvalue weighted by Gasteiger charge is 2.49. The molecule has 36 heavy (non-hydrogen) atoms. The lowest BCUT2D eigenvalue weighted by Crippen LogP contribution is -2.36. The van der Waals surface area contributed by atoms with Crippen LogP contribution in [0.15, 0.2) is 11.3 Å². The SMILES string of the molecule is NC1c2ncn([C@@H]3O[C@H](CO)C(O)C3O)c2N=CN1OP(=O)(OP(=O)(O)O)OP(=O)(O)OP(=O)(O)O. The van der Waals surface area contributed by atoms with Gasteiger partial charge in [-0.15, -0.1) is 0 Å². The molecule has 2 aliphatic rings. The zero-order chi connectivity index (χ0) is 27.3. The minimum atomic E-state index is -6.05. The summed E-state index contributed by atoms with van der Waals surface area (Å²) >= 11 is 0. The topological polar surface area (TPSA) is 336 Å². The molecule has 10 N–H and O–H groups in total. The molecule has 1 saturated heterocycles. The quantitative estimate of drug-likeness (QED) is 0.128. The third kappa shape index (κ3) is 6.91. The lowest BCUT2D eigenvalue weighted by Gasteiger charge is -2.30. The highest BCUT2D eigenvalue weighted by molar-refractivity contribution is 7.69. The second kappa shape index (κ2) is 10.3. The summed E-state index contributed by atoms with van der Waals surface area (Å²) in [5, 5.41) is 29.6. The maximum atomic E-state index is 12.7. The van der Waals surface area contributed by atoms with E-state index in [1.807, 2.05) is 0 Å². The molecule has 0 spiro atoms. The highest BCUT2D eigenvalue weighted by Crippen LogP contribution is 2.72. The van der Waals surface area contributed by atoms with E-state index in [1.54, 1.807) is 0 Å². The van der Waals surface area contributed by atoms with Crippen LogP contribution in [-0.4, -0.2) is 85.7 Å². The van der Waals surface area contributed by atoms with Gasteiger partial charge in [0.15, 0.2) is 18.2 Å². The average molecular weight is 605 g/mol. The number of hydroxylamine groups is 2. The van der Waals surface area contributed by atoms with Gasteiger partial charge in [0.2, 0.25) is 0 Å². The van der Waals surface area contributed by atoms with E-state index in [4.69, 9.17) is 30.0 Å². The molecule has 1 aromatic heterocycles. The Morgan fingerprint density at radius 1 is 1.00 bits per heavy atom. The number of nitrogens with zero attached hydrogens (tertiary/aromatic N) is 4. The van der Waals surface area contributed by atoms with Crippen molar-refractivity contribution in [2.24, 2.45) is 10.7 Å². The molecule has 7 atom stereocenters. The number of ether oxygens (including phenoxy) is 1. The zero-order valence-corrected chi connectivity index (χ0v) is 20.7. The van der Waals surface area contributed by atoms with Crippen LogP contribution in [0.4, 0.5) is 5.82 Å². The number of hydrogen-bond acceptors (Lipinski definition) is 16. The van der Waals surface area contributed by atoms with Crippen LogP contribution < -0.4 is 5.73 Å². The Balaban J connectivity index is 1.87. The summed E-state index contributed by atoms with van der Waals surface area (Å²) in [5.41, 5.74) is 5.64. The molecule has 5 unspecified atom stereocenters. The molecule has 2 aliphatic heterocycles. The molecular weight excluding hydrogens is 586 g/mol. The number of phosphoric acid groups is 4. The Bertz CT molecular complexity index is 1190. The minimum Gasteiger partial charge on any atom is -0.394 e. The minimum absolute atomic E-state index is 0.137. The molecule has 0 amide bonds. The smallest absolute Gasteiger partial charge is 0.394 e. The summed E-state index contributed by atoms with van der Waals surface area (Å²) in [6, 6.07) is 0. The van der Waals surface area contributed by atoms with Crippen LogP contribution in [0.5, 0.6) is 0 Å². The van der Waals surface area contributed by atoms with E-state index in [9.17, 15) is 38.5 Å². The number of nitrogens with two attached hydrogens (primary N) is 1. The van der Waals surface area contributed by atoms with Crippen LogP contribution >= 0.6 is 31.3 Å². The summed E-state index contributed by atoms with van der Waals surface area (Å²) in [5.74, 6) is -0.137. The summed E-state index contributed by atoms with van der Waals surface area (Å²) in [7, 11) is -23.6. The van der Waals surface area contributed by atoms with Crippen molar-refractivity contribution < 1.29 is 80.3 Å². The third-order valence-electron chi connectivity index (χ3n) is 4.25. The molecule has 206 valence electrons. The first kappa shape index (κ1) is 29.6. The predicted molar refractivity (Wildman–Crippen MR) is 108 cm³/mol. The van der Waals surface area contributed by atoms with E-state index >= 15 is 0 Å². The molecule has 0 aliphatic carbocycles. The highest BCUT2D eigenvalue weighted by atomic mass is 31.3. The summed E-state index contributed by atoms with van der Waals surface area (Å²) < 4.78 is 68.6. The van der Waals surface area contributed by atoms with Gasteiger partial charge in [-0.05, 0) is 0 Å². The standard InChI is InChI=1S/C10H19N5O17P4/c11-8-5-9(14(2-12-5)10-7(18)6(17)4(1-16)28-10)13-3-15(8)29-36(27,31-34(22,23)24)32-35(25,26)30-33(19,20)21/h2-4,6-8,10,16-18H,1,11H2,(H,25,26)(H2,19,20,21)(H2,22,23,24)/t4-,6?,7?,8?,10-,36?/m1/s1. The first-order valence-electron chi connectivity index (χ1n) is 9.00. The van der Waals surface area contributed by atoms with Gasteiger partial charge in [-0.25, -0.2) is 33.3 Å². The fourth-order valence-corrected chi connectivity index (χ4v) is 7.47. The van der Waals surface area contributed by atoms with Crippen molar-refractivity contribution in [3.63, 3.8) is 0 Å². The van der Waals surface area contributed by atoms with Gasteiger partial charge in [0, 0.05) is 0 Å². The van der Waals surface area contributed by atoms with Crippen molar-refractivity contribution in [1.82, 2.24) is 14.6 Å². The number of rotatable bonds is 10. The van der Waals surface area contributed by atoms with E-state index in [1.165, 1.54) is 0 Å². The Morgan fingerprint density at radius 3 is 2.14 bits per heavy atom. The number of aliphatic hydroxyl groups is 3. The largest absolute Gasteiger partial charge is 0.514 e. The lowest BCUT2D eigenvalue weighted by atomic mass is 10.1. The normalized spacial score (nSPS) is 30.1. The Labute approximate surface area is 199 Å². The van der Waals surface area contributed by atoms with Gasteiger partial charge >= 0.3 is 31.3 Å². The maximum Gasteiger partial charge on any atom is 0.514 e. The number of fused-ring (bicyclic) bond motifs is 1. The van der Waals surface area contributed by atoms with Crippen molar-refractivity contribution in [1.29, 1.82) is 0 Å². The van der Waals surface area contributed by atoms with Crippen molar-refractivity contribution in [2.45, 2.75) is 30.7 Å². The molecule has 3 heterocycles. The van der Waals surface area contributed by atoms with E-state index in [0.29, 0.717) is 6.34 Å². The van der Waals surface area contributed by atoms with Crippen LogP contribution in [-0.2, 0) is 40.6 Å². The molecule has 3 rings (SSSR count). The van der Waals surface area contributed by atoms with Gasteiger partial charge < -0.3 is 50.3 Å². The Hall–Kier alpha value is -0.960. The maximum absolute atomic E-state index is 12.7. The van der Waals surface area contributed by atoms with Gasteiger partial charge in [0.1, 0.15) is 30.3 Å².